The maximum Gasteiger partial charge on any atom is 0.259 e. The number of amides is 3. The number of unbranched alkanes of at least 4 members (excludes halogenated alkanes) is 3. The van der Waals surface area contributed by atoms with Crippen molar-refractivity contribution in [1.82, 2.24) is 5.06 Å². The van der Waals surface area contributed by atoms with Crippen LogP contribution in [0, 0.1) is 0 Å². The van der Waals surface area contributed by atoms with E-state index in [1.165, 1.54) is 0 Å². The average molecular weight is 318 g/mol. The molecule has 1 aliphatic heterocycles. The number of rotatable bonds is 7. The highest BCUT2D eigenvalue weighted by atomic mass is 16.5. The van der Waals surface area contributed by atoms with E-state index in [-0.39, 0.29) is 12.8 Å². The molecule has 124 valence electrons. The van der Waals surface area contributed by atoms with Gasteiger partial charge in [0.25, 0.3) is 5.91 Å². The summed E-state index contributed by atoms with van der Waals surface area (Å²) in [5.41, 5.74) is 0.453. The fourth-order valence-corrected chi connectivity index (χ4v) is 2.65. The molecule has 23 heavy (non-hydrogen) atoms. The van der Waals surface area contributed by atoms with E-state index in [1.54, 1.807) is 30.3 Å². The van der Waals surface area contributed by atoms with Crippen molar-refractivity contribution >= 4 is 23.4 Å². The Kier molecular flexibility index (Phi) is 5.87. The van der Waals surface area contributed by atoms with Crippen LogP contribution in [0.15, 0.2) is 30.3 Å². The average Bonchev–Trinajstić information content (AvgIpc) is 2.86. The van der Waals surface area contributed by atoms with Crippen molar-refractivity contribution in [2.75, 3.05) is 4.90 Å². The highest BCUT2D eigenvalue weighted by Gasteiger charge is 2.44. The molecule has 0 aromatic heterocycles. The predicted molar refractivity (Wildman–Crippen MR) is 84.7 cm³/mol. The molecular weight excluding hydrogens is 296 g/mol. The molecule has 2 rings (SSSR count). The van der Waals surface area contributed by atoms with Gasteiger partial charge in [-0.1, -0.05) is 44.4 Å². The molecule has 1 aromatic carbocycles. The van der Waals surface area contributed by atoms with E-state index < -0.39 is 23.8 Å². The van der Waals surface area contributed by atoms with Crippen molar-refractivity contribution in [2.24, 2.45) is 0 Å². The first-order valence-electron chi connectivity index (χ1n) is 7.99. The third-order valence-electron chi connectivity index (χ3n) is 3.93. The van der Waals surface area contributed by atoms with Gasteiger partial charge in [-0.25, -0.2) is 9.96 Å². The second-order valence-electron chi connectivity index (χ2n) is 5.67. The van der Waals surface area contributed by atoms with Gasteiger partial charge in [0.2, 0.25) is 11.8 Å². The minimum Gasteiger partial charge on any atom is -0.285 e. The van der Waals surface area contributed by atoms with E-state index in [9.17, 15) is 19.6 Å². The second-order valence-corrected chi connectivity index (χ2v) is 5.67. The van der Waals surface area contributed by atoms with Crippen LogP contribution >= 0.6 is 0 Å². The lowest BCUT2D eigenvalue weighted by atomic mass is 10.1. The molecule has 0 saturated carbocycles. The van der Waals surface area contributed by atoms with Crippen LogP contribution in [-0.2, 0) is 14.4 Å². The van der Waals surface area contributed by atoms with Crippen molar-refractivity contribution in [2.45, 2.75) is 51.5 Å². The Labute approximate surface area is 135 Å². The van der Waals surface area contributed by atoms with Crippen LogP contribution in [0.5, 0.6) is 0 Å². The molecule has 1 aliphatic rings. The zero-order valence-electron chi connectivity index (χ0n) is 13.3. The molecule has 3 amide bonds. The van der Waals surface area contributed by atoms with Crippen molar-refractivity contribution in [3.8, 4) is 0 Å². The first-order chi connectivity index (χ1) is 11.1. The summed E-state index contributed by atoms with van der Waals surface area (Å²) in [5, 5.41) is 10.5. The van der Waals surface area contributed by atoms with Gasteiger partial charge in [0, 0.05) is 6.42 Å². The number of imide groups is 1. The van der Waals surface area contributed by atoms with E-state index in [0.717, 1.165) is 24.2 Å². The van der Waals surface area contributed by atoms with Gasteiger partial charge in [-0.15, -0.1) is 0 Å². The second kappa shape index (κ2) is 7.87. The van der Waals surface area contributed by atoms with Crippen LogP contribution < -0.4 is 4.90 Å². The fourth-order valence-electron chi connectivity index (χ4n) is 2.65. The largest absolute Gasteiger partial charge is 0.285 e. The Bertz CT molecular complexity index is 573. The summed E-state index contributed by atoms with van der Waals surface area (Å²) in [6, 6.07) is 7.39. The Balaban J connectivity index is 2.00. The lowest BCUT2D eigenvalue weighted by molar-refractivity contribution is -0.177. The number of carbonyl (C=O) groups is 3. The van der Waals surface area contributed by atoms with E-state index in [0.29, 0.717) is 17.2 Å². The van der Waals surface area contributed by atoms with Gasteiger partial charge < -0.3 is 0 Å². The summed E-state index contributed by atoms with van der Waals surface area (Å²) in [4.78, 5) is 37.5. The molecule has 0 radical (unpaired) electrons. The highest BCUT2D eigenvalue weighted by Crippen LogP contribution is 2.25. The minimum absolute atomic E-state index is 0.180. The highest BCUT2D eigenvalue weighted by molar-refractivity contribution is 6.22. The monoisotopic (exact) mass is 318 g/mol. The SMILES string of the molecule is CCCCCCC(=O)N(O)[C@@H]1CC(=O)N(c2ccccc2)C1=O. The van der Waals surface area contributed by atoms with Gasteiger partial charge in [-0.3, -0.25) is 19.6 Å². The Morgan fingerprint density at radius 1 is 1.22 bits per heavy atom. The van der Waals surface area contributed by atoms with Gasteiger partial charge in [0.1, 0.15) is 6.04 Å². The van der Waals surface area contributed by atoms with Crippen LogP contribution in [0.3, 0.4) is 0 Å². The molecule has 6 nitrogen and oxygen atoms in total. The van der Waals surface area contributed by atoms with E-state index >= 15 is 0 Å². The first-order valence-corrected chi connectivity index (χ1v) is 7.99. The summed E-state index contributed by atoms with van der Waals surface area (Å²) in [5.74, 6) is -1.49. The van der Waals surface area contributed by atoms with Crippen molar-refractivity contribution < 1.29 is 19.6 Å². The van der Waals surface area contributed by atoms with Crippen LogP contribution in [0.2, 0.25) is 0 Å². The van der Waals surface area contributed by atoms with Crippen molar-refractivity contribution in [1.29, 1.82) is 0 Å². The minimum atomic E-state index is -1.12. The van der Waals surface area contributed by atoms with Gasteiger partial charge in [0.15, 0.2) is 0 Å². The van der Waals surface area contributed by atoms with Crippen LogP contribution in [0.1, 0.15) is 45.4 Å². The molecule has 0 bridgehead atoms. The molecule has 0 aliphatic carbocycles. The molecular formula is C17H22N2O4. The normalized spacial score (nSPS) is 17.7. The van der Waals surface area contributed by atoms with Gasteiger partial charge >= 0.3 is 0 Å². The molecule has 6 heteroatoms. The number of benzene rings is 1. The predicted octanol–water partition coefficient (Wildman–Crippen LogP) is 2.51. The zero-order valence-corrected chi connectivity index (χ0v) is 13.3. The molecule has 1 N–H and O–H groups in total. The number of anilines is 1. The number of para-hydroxylation sites is 1. The summed E-state index contributed by atoms with van der Waals surface area (Å²) in [6.07, 6.45) is 3.65. The Morgan fingerprint density at radius 3 is 2.57 bits per heavy atom. The number of nitrogens with zero attached hydrogens (tertiary/aromatic N) is 2. The summed E-state index contributed by atoms with van der Waals surface area (Å²) in [6.45, 7) is 2.07. The smallest absolute Gasteiger partial charge is 0.259 e. The Hall–Kier alpha value is -2.21. The lowest BCUT2D eigenvalue weighted by Crippen LogP contribution is -2.43. The van der Waals surface area contributed by atoms with Crippen LogP contribution in [0.25, 0.3) is 0 Å². The quantitative estimate of drug-likeness (QED) is 0.363. The third-order valence-corrected chi connectivity index (χ3v) is 3.93. The maximum absolute atomic E-state index is 12.4. The van der Waals surface area contributed by atoms with E-state index in [2.05, 4.69) is 6.92 Å². The number of hydrogen-bond acceptors (Lipinski definition) is 4. The maximum atomic E-state index is 12.4. The third kappa shape index (κ3) is 3.96. The first kappa shape index (κ1) is 17.1. The number of hydrogen-bond donors (Lipinski definition) is 1. The molecule has 1 saturated heterocycles. The number of carbonyl (C=O) groups excluding carboxylic acids is 3. The summed E-state index contributed by atoms with van der Waals surface area (Å²) in [7, 11) is 0. The Morgan fingerprint density at radius 2 is 1.91 bits per heavy atom. The lowest BCUT2D eigenvalue weighted by Gasteiger charge is -2.21. The molecule has 0 spiro atoms. The van der Waals surface area contributed by atoms with E-state index in [4.69, 9.17) is 0 Å². The zero-order chi connectivity index (χ0) is 16.8. The standard InChI is InChI=1S/C17H22N2O4/c1-2-3-4-8-11-15(20)19(23)14-12-16(21)18(17(14)22)13-9-6-5-7-10-13/h5-7,9-10,14,23H,2-4,8,11-12H2,1H3/t14-/m1/s1. The molecule has 1 aromatic rings. The fraction of sp³-hybridized carbons (Fsp3) is 0.471. The van der Waals surface area contributed by atoms with Crippen LogP contribution in [0.4, 0.5) is 5.69 Å². The summed E-state index contributed by atoms with van der Waals surface area (Å²) >= 11 is 0. The van der Waals surface area contributed by atoms with Crippen molar-refractivity contribution in [3.63, 3.8) is 0 Å². The molecule has 1 fully saturated rings. The van der Waals surface area contributed by atoms with Crippen molar-refractivity contribution in [3.05, 3.63) is 30.3 Å². The molecule has 1 heterocycles. The molecule has 1 atom stereocenters. The van der Waals surface area contributed by atoms with Gasteiger partial charge in [-0.05, 0) is 18.6 Å². The van der Waals surface area contributed by atoms with Gasteiger partial charge in [0.05, 0.1) is 12.1 Å². The molecule has 0 unspecified atom stereocenters. The van der Waals surface area contributed by atoms with E-state index in [1.807, 2.05) is 0 Å². The summed E-state index contributed by atoms with van der Waals surface area (Å²) < 4.78 is 0. The topological polar surface area (TPSA) is 77.9 Å². The number of hydroxylamine groups is 2. The van der Waals surface area contributed by atoms with Crippen LogP contribution in [-0.4, -0.2) is 34.0 Å². The van der Waals surface area contributed by atoms with Gasteiger partial charge in [-0.2, -0.15) is 0 Å².